The number of carbonyl (C=O) groups is 5. The Hall–Kier alpha value is -2.49. The summed E-state index contributed by atoms with van der Waals surface area (Å²) in [5, 5.41) is 14.1. The summed E-state index contributed by atoms with van der Waals surface area (Å²) in [5.41, 5.74) is 5.82. The van der Waals surface area contributed by atoms with Crippen molar-refractivity contribution in [3.8, 4) is 0 Å². The Bertz CT molecular complexity index is 651. The topological polar surface area (TPSA) is 159 Å². The second-order valence-electron chi connectivity index (χ2n) is 8.50. The molecule has 0 spiro atoms. The second-order valence-corrected chi connectivity index (χ2v) is 8.50. The minimum absolute atomic E-state index is 0.145. The van der Waals surface area contributed by atoms with Crippen LogP contribution in [0.15, 0.2) is 0 Å². The summed E-state index contributed by atoms with van der Waals surface area (Å²) >= 11 is 0. The summed E-state index contributed by atoms with van der Waals surface area (Å²) < 4.78 is 0. The van der Waals surface area contributed by atoms with Gasteiger partial charge in [0.25, 0.3) is 0 Å². The minimum atomic E-state index is -1.37. The molecule has 0 aromatic rings. The maximum atomic E-state index is 12.9. The van der Waals surface area contributed by atoms with E-state index in [1.807, 2.05) is 13.8 Å². The molecule has 30 heavy (non-hydrogen) atoms. The van der Waals surface area contributed by atoms with Gasteiger partial charge in [-0.25, -0.2) is 0 Å². The van der Waals surface area contributed by atoms with Crippen molar-refractivity contribution in [3.05, 3.63) is 0 Å². The van der Waals surface area contributed by atoms with Gasteiger partial charge in [0.15, 0.2) is 0 Å². The average molecular weight is 427 g/mol. The molecule has 1 aliphatic heterocycles. The molecule has 0 saturated carbocycles. The smallest absolute Gasteiger partial charge is 0.305 e. The zero-order valence-corrected chi connectivity index (χ0v) is 18.1. The molecule has 1 rings (SSSR count). The summed E-state index contributed by atoms with van der Waals surface area (Å²) in [7, 11) is 0. The van der Waals surface area contributed by atoms with Crippen molar-refractivity contribution in [2.75, 3.05) is 6.54 Å². The van der Waals surface area contributed by atoms with Crippen LogP contribution in [0, 0.1) is 11.8 Å². The van der Waals surface area contributed by atoms with E-state index < -0.39 is 54.3 Å². The van der Waals surface area contributed by atoms with E-state index in [9.17, 15) is 24.0 Å². The molecule has 3 amide bonds. The zero-order chi connectivity index (χ0) is 23.0. The van der Waals surface area contributed by atoms with Crippen LogP contribution >= 0.6 is 0 Å². The van der Waals surface area contributed by atoms with Crippen LogP contribution in [-0.4, -0.2) is 70.7 Å². The summed E-state index contributed by atoms with van der Waals surface area (Å²) in [6.07, 6.45) is 1.71. The molecule has 5 N–H and O–H groups in total. The number of carboxylic acid groups (broad SMARTS) is 1. The van der Waals surface area contributed by atoms with Crippen LogP contribution in [0.4, 0.5) is 0 Å². The van der Waals surface area contributed by atoms with Gasteiger partial charge in [0.2, 0.25) is 17.7 Å². The predicted molar refractivity (Wildman–Crippen MR) is 109 cm³/mol. The first kappa shape index (κ1) is 25.5. The molecular formula is C20H34N4O6. The average Bonchev–Trinajstić information content (AvgIpc) is 3.12. The number of aldehydes is 1. The SMILES string of the molecule is CC(C)C[C@H](N)C(=O)N[C@@H](CC(=O)O)C(=O)N[C@H](C(=O)N1CCC[C@H]1C=O)C(C)C. The van der Waals surface area contributed by atoms with E-state index in [0.29, 0.717) is 32.1 Å². The van der Waals surface area contributed by atoms with E-state index in [1.54, 1.807) is 13.8 Å². The number of carbonyl (C=O) groups excluding carboxylic acids is 4. The lowest BCUT2D eigenvalue weighted by Crippen LogP contribution is -2.58. The van der Waals surface area contributed by atoms with Gasteiger partial charge in [-0.05, 0) is 31.1 Å². The fraction of sp³-hybridized carbons (Fsp3) is 0.750. The van der Waals surface area contributed by atoms with Gasteiger partial charge in [-0.15, -0.1) is 0 Å². The number of nitrogens with two attached hydrogens (primary N) is 1. The van der Waals surface area contributed by atoms with Crippen molar-refractivity contribution < 1.29 is 29.1 Å². The summed E-state index contributed by atoms with van der Waals surface area (Å²) in [4.78, 5) is 61.9. The fourth-order valence-electron chi connectivity index (χ4n) is 3.43. The van der Waals surface area contributed by atoms with Gasteiger partial charge in [0, 0.05) is 6.54 Å². The van der Waals surface area contributed by atoms with Crippen LogP contribution in [0.3, 0.4) is 0 Å². The second kappa shape index (κ2) is 11.6. The van der Waals surface area contributed by atoms with Crippen molar-refractivity contribution in [1.82, 2.24) is 15.5 Å². The molecule has 10 heteroatoms. The molecule has 1 saturated heterocycles. The van der Waals surface area contributed by atoms with Gasteiger partial charge in [0.05, 0.1) is 18.5 Å². The minimum Gasteiger partial charge on any atom is -0.481 e. The van der Waals surface area contributed by atoms with Gasteiger partial charge in [-0.1, -0.05) is 27.7 Å². The lowest BCUT2D eigenvalue weighted by molar-refractivity contribution is -0.142. The monoisotopic (exact) mass is 426 g/mol. The van der Waals surface area contributed by atoms with E-state index >= 15 is 0 Å². The van der Waals surface area contributed by atoms with Gasteiger partial charge in [0.1, 0.15) is 18.4 Å². The number of rotatable bonds is 11. The van der Waals surface area contributed by atoms with Crippen LogP contribution < -0.4 is 16.4 Å². The Balaban J connectivity index is 2.92. The molecule has 4 atom stereocenters. The first-order chi connectivity index (χ1) is 14.0. The number of carboxylic acids is 1. The molecule has 0 aromatic heterocycles. The summed E-state index contributed by atoms with van der Waals surface area (Å²) in [5.74, 6) is -3.24. The first-order valence-electron chi connectivity index (χ1n) is 10.3. The van der Waals surface area contributed by atoms with Crippen molar-refractivity contribution >= 4 is 30.0 Å². The largest absolute Gasteiger partial charge is 0.481 e. The lowest BCUT2D eigenvalue weighted by atomic mass is 10.0. The fourth-order valence-corrected chi connectivity index (χ4v) is 3.43. The number of aliphatic carboxylic acids is 1. The number of amides is 3. The summed E-state index contributed by atoms with van der Waals surface area (Å²) in [6, 6.07) is -3.73. The molecule has 0 bridgehead atoms. The molecule has 0 radical (unpaired) electrons. The van der Waals surface area contributed by atoms with Crippen LogP contribution in [0.5, 0.6) is 0 Å². The van der Waals surface area contributed by atoms with Gasteiger partial charge < -0.3 is 31.2 Å². The summed E-state index contributed by atoms with van der Waals surface area (Å²) in [6.45, 7) is 7.66. The van der Waals surface area contributed by atoms with E-state index in [2.05, 4.69) is 10.6 Å². The molecule has 1 heterocycles. The molecular weight excluding hydrogens is 392 g/mol. The van der Waals surface area contributed by atoms with Crippen molar-refractivity contribution in [1.29, 1.82) is 0 Å². The third-order valence-corrected chi connectivity index (χ3v) is 5.04. The van der Waals surface area contributed by atoms with Crippen LogP contribution in [0.1, 0.15) is 53.4 Å². The maximum absolute atomic E-state index is 12.9. The van der Waals surface area contributed by atoms with E-state index in [-0.39, 0.29) is 11.8 Å². The normalized spacial score (nSPS) is 19.3. The van der Waals surface area contributed by atoms with Gasteiger partial charge in [-0.2, -0.15) is 0 Å². The molecule has 1 aliphatic rings. The Kier molecular flexibility index (Phi) is 9.91. The van der Waals surface area contributed by atoms with E-state index in [0.717, 1.165) is 0 Å². The molecule has 170 valence electrons. The molecule has 0 aromatic carbocycles. The van der Waals surface area contributed by atoms with Crippen LogP contribution in [0.2, 0.25) is 0 Å². The van der Waals surface area contributed by atoms with E-state index in [1.165, 1.54) is 4.90 Å². The molecule has 0 aliphatic carbocycles. The standard InChI is InChI=1S/C20H34N4O6/c1-11(2)8-14(21)18(28)22-15(9-16(26)27)19(29)23-17(12(3)4)20(30)24-7-5-6-13(24)10-25/h10-15,17H,5-9,21H2,1-4H3,(H,22,28)(H,23,29)(H,26,27)/t13-,14-,15-,17-/m0/s1. The molecule has 1 fully saturated rings. The molecule has 10 nitrogen and oxygen atoms in total. The highest BCUT2D eigenvalue weighted by Gasteiger charge is 2.36. The predicted octanol–water partition coefficient (Wildman–Crippen LogP) is -0.350. The maximum Gasteiger partial charge on any atom is 0.305 e. The zero-order valence-electron chi connectivity index (χ0n) is 18.1. The quantitative estimate of drug-likeness (QED) is 0.329. The Labute approximate surface area is 176 Å². The molecule has 0 unspecified atom stereocenters. The Morgan fingerprint density at radius 3 is 2.27 bits per heavy atom. The van der Waals surface area contributed by atoms with Crippen molar-refractivity contribution in [2.45, 2.75) is 77.5 Å². The van der Waals surface area contributed by atoms with Crippen LogP contribution in [-0.2, 0) is 24.0 Å². The highest BCUT2D eigenvalue weighted by atomic mass is 16.4. The Morgan fingerprint density at radius 2 is 1.77 bits per heavy atom. The van der Waals surface area contributed by atoms with Gasteiger partial charge >= 0.3 is 5.97 Å². The number of likely N-dealkylation sites (tertiary alicyclic amines) is 1. The lowest BCUT2D eigenvalue weighted by Gasteiger charge is -2.30. The highest BCUT2D eigenvalue weighted by Crippen LogP contribution is 2.19. The third-order valence-electron chi connectivity index (χ3n) is 5.04. The third kappa shape index (κ3) is 7.40. The Morgan fingerprint density at radius 1 is 1.13 bits per heavy atom. The van der Waals surface area contributed by atoms with Crippen LogP contribution in [0.25, 0.3) is 0 Å². The van der Waals surface area contributed by atoms with E-state index in [4.69, 9.17) is 10.8 Å². The number of nitrogens with zero attached hydrogens (tertiary/aromatic N) is 1. The highest BCUT2D eigenvalue weighted by molar-refractivity contribution is 5.95. The van der Waals surface area contributed by atoms with Gasteiger partial charge in [-0.3, -0.25) is 19.2 Å². The number of nitrogens with one attached hydrogen (secondary N) is 2. The number of hydrogen-bond donors (Lipinski definition) is 4. The van der Waals surface area contributed by atoms with Crippen molar-refractivity contribution in [3.63, 3.8) is 0 Å². The van der Waals surface area contributed by atoms with Crippen molar-refractivity contribution in [2.24, 2.45) is 17.6 Å². The number of hydrogen-bond acceptors (Lipinski definition) is 6. The first-order valence-corrected chi connectivity index (χ1v) is 10.3.